The van der Waals surface area contributed by atoms with Gasteiger partial charge in [0.05, 0.1) is 5.56 Å². The zero-order valence-corrected chi connectivity index (χ0v) is 16.4. The van der Waals surface area contributed by atoms with Gasteiger partial charge in [0.1, 0.15) is 10.7 Å². The van der Waals surface area contributed by atoms with E-state index >= 15 is 0 Å². The Labute approximate surface area is 157 Å². The van der Waals surface area contributed by atoms with Crippen LogP contribution >= 0.6 is 11.3 Å². The van der Waals surface area contributed by atoms with E-state index in [-0.39, 0.29) is 11.9 Å². The molecular weight excluding hydrogens is 350 g/mol. The molecule has 1 aliphatic rings. The molecule has 0 atom stereocenters. The molecule has 0 aromatic carbocycles. The van der Waals surface area contributed by atoms with Crippen LogP contribution in [0, 0.1) is 0 Å². The Morgan fingerprint density at radius 1 is 1.27 bits per heavy atom. The number of fused-ring (bicyclic) bond motifs is 1. The molecule has 7 nitrogen and oxygen atoms in total. The first kappa shape index (κ1) is 18.6. The number of nitrogens with zero attached hydrogens (tertiary/aromatic N) is 3. The summed E-state index contributed by atoms with van der Waals surface area (Å²) < 4.78 is 1.66. The summed E-state index contributed by atoms with van der Waals surface area (Å²) in [5.74, 6) is -0.772. The Balaban J connectivity index is 1.92. The van der Waals surface area contributed by atoms with Gasteiger partial charge >= 0.3 is 0 Å². The van der Waals surface area contributed by atoms with E-state index in [1.807, 2.05) is 13.8 Å². The summed E-state index contributed by atoms with van der Waals surface area (Å²) in [5, 5.41) is 7.62. The minimum atomic E-state index is -0.492. The molecule has 0 radical (unpaired) electrons. The first-order chi connectivity index (χ1) is 12.3. The van der Waals surface area contributed by atoms with Gasteiger partial charge in [-0.1, -0.05) is 0 Å². The van der Waals surface area contributed by atoms with Crippen LogP contribution in [-0.2, 0) is 13.0 Å². The first-order valence-electron chi connectivity index (χ1n) is 8.82. The van der Waals surface area contributed by atoms with Crippen LogP contribution in [0.1, 0.15) is 65.0 Å². The molecule has 2 aromatic rings. The SMILES string of the molecule is CC(C)N1CCc2c(sc(NC(=O)c3ccnn3C(C)C)c2C(N)=O)C1. The number of hydrogen-bond donors (Lipinski definition) is 2. The highest BCUT2D eigenvalue weighted by Crippen LogP contribution is 2.37. The summed E-state index contributed by atoms with van der Waals surface area (Å²) in [4.78, 5) is 28.2. The fourth-order valence-electron chi connectivity index (χ4n) is 3.29. The number of anilines is 1. The molecule has 0 fully saturated rings. The van der Waals surface area contributed by atoms with Gasteiger partial charge in [0.2, 0.25) is 0 Å². The number of primary amides is 1. The second kappa shape index (κ2) is 7.20. The molecule has 1 aliphatic heterocycles. The van der Waals surface area contributed by atoms with E-state index in [1.54, 1.807) is 16.9 Å². The molecule has 3 rings (SSSR count). The lowest BCUT2D eigenvalue weighted by Gasteiger charge is -2.30. The van der Waals surface area contributed by atoms with Crippen LogP contribution < -0.4 is 11.1 Å². The number of carbonyl (C=O) groups is 2. The maximum Gasteiger partial charge on any atom is 0.274 e. The third-order valence-corrected chi connectivity index (χ3v) is 5.81. The number of rotatable bonds is 5. The number of nitrogens with one attached hydrogen (secondary N) is 1. The number of hydrogen-bond acceptors (Lipinski definition) is 5. The molecule has 3 heterocycles. The smallest absolute Gasteiger partial charge is 0.274 e. The summed E-state index contributed by atoms with van der Waals surface area (Å²) in [6, 6.07) is 2.17. The zero-order valence-electron chi connectivity index (χ0n) is 15.6. The minimum absolute atomic E-state index is 0.0671. The van der Waals surface area contributed by atoms with E-state index in [0.717, 1.165) is 30.0 Å². The molecule has 0 unspecified atom stereocenters. The second-order valence-corrected chi connectivity index (χ2v) is 8.20. The van der Waals surface area contributed by atoms with E-state index in [1.165, 1.54) is 11.3 Å². The Bertz CT molecular complexity index is 837. The fourth-order valence-corrected chi connectivity index (χ4v) is 4.56. The molecule has 0 bridgehead atoms. The van der Waals surface area contributed by atoms with Gasteiger partial charge in [-0.3, -0.25) is 19.2 Å². The topological polar surface area (TPSA) is 93.2 Å². The van der Waals surface area contributed by atoms with Crippen LogP contribution in [0.2, 0.25) is 0 Å². The number of thiophene rings is 1. The Morgan fingerprint density at radius 3 is 2.62 bits per heavy atom. The lowest BCUT2D eigenvalue weighted by Crippen LogP contribution is -2.35. The molecule has 8 heteroatoms. The van der Waals surface area contributed by atoms with Crippen molar-refractivity contribution in [1.82, 2.24) is 14.7 Å². The summed E-state index contributed by atoms with van der Waals surface area (Å²) in [6.07, 6.45) is 2.37. The quantitative estimate of drug-likeness (QED) is 0.840. The number of carbonyl (C=O) groups excluding carboxylic acids is 2. The maximum absolute atomic E-state index is 12.7. The maximum atomic E-state index is 12.7. The van der Waals surface area contributed by atoms with Gasteiger partial charge in [0.25, 0.3) is 11.8 Å². The highest BCUT2D eigenvalue weighted by atomic mass is 32.1. The predicted octanol–water partition coefficient (Wildman–Crippen LogP) is 2.64. The highest BCUT2D eigenvalue weighted by Gasteiger charge is 2.29. The molecule has 140 valence electrons. The number of amides is 2. The van der Waals surface area contributed by atoms with Gasteiger partial charge in [0, 0.05) is 36.2 Å². The summed E-state index contributed by atoms with van der Waals surface area (Å²) in [7, 11) is 0. The van der Waals surface area contributed by atoms with Gasteiger partial charge in [0.15, 0.2) is 0 Å². The zero-order chi connectivity index (χ0) is 19.0. The van der Waals surface area contributed by atoms with Crippen molar-refractivity contribution < 1.29 is 9.59 Å². The Morgan fingerprint density at radius 2 is 2.00 bits per heavy atom. The van der Waals surface area contributed by atoms with Crippen LogP contribution in [0.4, 0.5) is 5.00 Å². The van der Waals surface area contributed by atoms with Crippen molar-refractivity contribution in [1.29, 1.82) is 0 Å². The van der Waals surface area contributed by atoms with Crippen molar-refractivity contribution in [2.24, 2.45) is 5.73 Å². The standard InChI is InChI=1S/C18H25N5O2S/c1-10(2)22-8-6-12-14(9-22)26-18(15(12)16(19)24)21-17(25)13-5-7-20-23(13)11(3)4/h5,7,10-11H,6,8-9H2,1-4H3,(H2,19,24)(H,21,25). The van der Waals surface area contributed by atoms with Crippen LogP contribution in [0.25, 0.3) is 0 Å². The highest BCUT2D eigenvalue weighted by molar-refractivity contribution is 7.17. The lowest BCUT2D eigenvalue weighted by molar-refractivity contribution is 0.0999. The van der Waals surface area contributed by atoms with Crippen molar-refractivity contribution in [3.63, 3.8) is 0 Å². The average molecular weight is 375 g/mol. The lowest BCUT2D eigenvalue weighted by atomic mass is 10.0. The van der Waals surface area contributed by atoms with E-state index in [9.17, 15) is 9.59 Å². The molecule has 3 N–H and O–H groups in total. The van der Waals surface area contributed by atoms with Crippen LogP contribution in [0.3, 0.4) is 0 Å². The summed E-state index contributed by atoms with van der Waals surface area (Å²) in [5.41, 5.74) is 7.53. The third kappa shape index (κ3) is 3.39. The van der Waals surface area contributed by atoms with Gasteiger partial charge in [-0.15, -0.1) is 11.3 Å². The second-order valence-electron chi connectivity index (χ2n) is 7.10. The number of aromatic nitrogens is 2. The van der Waals surface area contributed by atoms with Crippen molar-refractivity contribution in [3.05, 3.63) is 34.0 Å². The molecule has 2 amide bonds. The largest absolute Gasteiger partial charge is 0.365 e. The van der Waals surface area contributed by atoms with Crippen LogP contribution in [0.15, 0.2) is 12.3 Å². The summed E-state index contributed by atoms with van der Waals surface area (Å²) in [6.45, 7) is 9.89. The third-order valence-electron chi connectivity index (χ3n) is 4.68. The Hall–Kier alpha value is -2.19. The minimum Gasteiger partial charge on any atom is -0.365 e. The van der Waals surface area contributed by atoms with Crippen molar-refractivity contribution in [3.8, 4) is 0 Å². The molecule has 2 aromatic heterocycles. The van der Waals surface area contributed by atoms with Crippen molar-refractivity contribution in [2.45, 2.75) is 52.7 Å². The van der Waals surface area contributed by atoms with Crippen LogP contribution in [-0.4, -0.2) is 39.1 Å². The van der Waals surface area contributed by atoms with Gasteiger partial charge < -0.3 is 11.1 Å². The number of nitrogens with two attached hydrogens (primary N) is 1. The summed E-state index contributed by atoms with van der Waals surface area (Å²) >= 11 is 1.45. The molecule has 0 saturated heterocycles. The fraction of sp³-hybridized carbons (Fsp3) is 0.500. The molecule has 0 saturated carbocycles. The van der Waals surface area contributed by atoms with E-state index in [0.29, 0.717) is 22.3 Å². The van der Waals surface area contributed by atoms with E-state index in [2.05, 4.69) is 29.2 Å². The monoisotopic (exact) mass is 375 g/mol. The van der Waals surface area contributed by atoms with E-state index in [4.69, 9.17) is 5.73 Å². The normalized spacial score (nSPS) is 14.7. The van der Waals surface area contributed by atoms with Crippen molar-refractivity contribution in [2.75, 3.05) is 11.9 Å². The van der Waals surface area contributed by atoms with Crippen molar-refractivity contribution >= 4 is 28.2 Å². The van der Waals surface area contributed by atoms with E-state index < -0.39 is 5.91 Å². The van der Waals surface area contributed by atoms with Gasteiger partial charge in [-0.25, -0.2) is 0 Å². The predicted molar refractivity (Wildman–Crippen MR) is 103 cm³/mol. The van der Waals surface area contributed by atoms with Gasteiger partial charge in [-0.05, 0) is 45.7 Å². The first-order valence-corrected chi connectivity index (χ1v) is 9.64. The molecule has 26 heavy (non-hydrogen) atoms. The molecule has 0 aliphatic carbocycles. The van der Waals surface area contributed by atoms with Gasteiger partial charge in [-0.2, -0.15) is 5.10 Å². The Kier molecular flexibility index (Phi) is 5.15. The molecular formula is C18H25N5O2S. The average Bonchev–Trinajstić information content (AvgIpc) is 3.18. The van der Waals surface area contributed by atoms with Crippen LogP contribution in [0.5, 0.6) is 0 Å². The molecule has 0 spiro atoms.